The Hall–Kier alpha value is -8.30. The molecule has 0 aliphatic heterocycles. The third-order valence-electron chi connectivity index (χ3n) is 11.7. The molecule has 0 radical (unpaired) electrons. The number of hydrogen-bond acceptors (Lipinski definition) is 9. The highest BCUT2D eigenvalue weighted by atomic mass is 16.4. The summed E-state index contributed by atoms with van der Waals surface area (Å²) < 4.78 is 6.22. The number of fused-ring (bicyclic) bond motifs is 10. The monoisotopic (exact) mass is 774 g/mol. The Morgan fingerprint density at radius 2 is 0.729 bits per heavy atom. The average molecular weight is 775 g/mol. The molecular weight excluding hydrogens is 745 g/mol. The van der Waals surface area contributed by atoms with Gasteiger partial charge in [0, 0.05) is 43.4 Å². The zero-order valence-corrected chi connectivity index (χ0v) is 30.7. The fraction of sp³-hybridized carbons (Fsp3) is 0. The van der Waals surface area contributed by atoms with Gasteiger partial charge in [0.1, 0.15) is 11.2 Å². The van der Waals surface area contributed by atoms with E-state index in [4.69, 9.17) is 4.42 Å². The summed E-state index contributed by atoms with van der Waals surface area (Å²) in [6.07, 6.45) is 0. The molecule has 0 bridgehead atoms. The minimum Gasteiger partial charge on any atom is -0.504 e. The summed E-state index contributed by atoms with van der Waals surface area (Å²) in [7, 11) is 0. The van der Waals surface area contributed by atoms with Gasteiger partial charge in [-0.05, 0) is 72.8 Å². The molecule has 0 atom stereocenters. The maximum Gasteiger partial charge on any atom is 0.204 e. The fourth-order valence-electron chi connectivity index (χ4n) is 9.02. The van der Waals surface area contributed by atoms with Crippen LogP contribution in [0.25, 0.3) is 109 Å². The Morgan fingerprint density at radius 1 is 0.288 bits per heavy atom. The van der Waals surface area contributed by atoms with E-state index in [0.717, 1.165) is 48.8 Å². The summed E-state index contributed by atoms with van der Waals surface area (Å²) in [6, 6.07) is 42.0. The molecule has 0 aliphatic carbocycles. The van der Waals surface area contributed by atoms with Crippen LogP contribution in [0.3, 0.4) is 0 Å². The molecule has 284 valence electrons. The highest BCUT2D eigenvalue weighted by Crippen LogP contribution is 2.62. The molecule has 0 saturated carbocycles. The van der Waals surface area contributed by atoms with Crippen LogP contribution in [0.5, 0.6) is 46.0 Å². The molecule has 0 amide bonds. The van der Waals surface area contributed by atoms with Crippen LogP contribution in [-0.2, 0) is 0 Å². The van der Waals surface area contributed by atoms with E-state index in [1.807, 2.05) is 78.9 Å². The van der Waals surface area contributed by atoms with Gasteiger partial charge in [-0.25, -0.2) is 0 Å². The lowest BCUT2D eigenvalue weighted by Crippen LogP contribution is -1.95. The number of phenols is 8. The van der Waals surface area contributed by atoms with Gasteiger partial charge < -0.3 is 45.3 Å². The summed E-state index contributed by atoms with van der Waals surface area (Å²) in [4.78, 5) is 0. The highest BCUT2D eigenvalue weighted by Gasteiger charge is 2.32. The third-order valence-corrected chi connectivity index (χ3v) is 11.7. The molecular formula is C50H30O9. The van der Waals surface area contributed by atoms with Crippen molar-refractivity contribution in [1.82, 2.24) is 0 Å². The van der Waals surface area contributed by atoms with Crippen molar-refractivity contribution in [3.05, 3.63) is 133 Å². The molecule has 0 fully saturated rings. The number of furan rings is 1. The predicted molar refractivity (Wildman–Crippen MR) is 231 cm³/mol. The van der Waals surface area contributed by atoms with Crippen LogP contribution >= 0.6 is 0 Å². The molecule has 1 heterocycles. The van der Waals surface area contributed by atoms with Crippen molar-refractivity contribution in [3.63, 3.8) is 0 Å². The van der Waals surface area contributed by atoms with Crippen molar-refractivity contribution < 1.29 is 45.3 Å². The summed E-state index contributed by atoms with van der Waals surface area (Å²) in [5, 5.41) is 98.0. The van der Waals surface area contributed by atoms with E-state index in [1.165, 1.54) is 0 Å². The van der Waals surface area contributed by atoms with Gasteiger partial charge in [-0.2, -0.15) is 0 Å². The number of benzene rings is 10. The Kier molecular flexibility index (Phi) is 6.97. The fourth-order valence-corrected chi connectivity index (χ4v) is 9.02. The standard InChI is InChI=1S/C50H30O9/c51-43-39-36(27-16-13-25(14-17-27)30-11-5-8-26-15-12-23-6-1-3-9-29(23)35(26)30)40-42(46(54)50(58)48(56)44(40)52)37(41(39)45(53)49(57)47(43)55)28-19-20-33-32(22-28)38-31-10-4-2-7-24(31)18-21-34(38)59-33/h1-22,51-58H. The van der Waals surface area contributed by atoms with Gasteiger partial charge >= 0.3 is 0 Å². The molecule has 11 aromatic rings. The lowest BCUT2D eigenvalue weighted by molar-refractivity contribution is 0.350. The SMILES string of the molecule is Oc1c(O)c(O)c2c(-c3ccc4oc5ccc6ccccc6c5c4c3)c3c(O)c(O)c(O)c(O)c3c(-c3ccc(-c4cccc5ccc6ccccc6c45)cc3)c2c1O. The smallest absolute Gasteiger partial charge is 0.204 e. The number of aromatic hydroxyl groups is 8. The summed E-state index contributed by atoms with van der Waals surface area (Å²) in [6.45, 7) is 0. The summed E-state index contributed by atoms with van der Waals surface area (Å²) >= 11 is 0. The first kappa shape index (κ1) is 34.0. The molecule has 59 heavy (non-hydrogen) atoms. The van der Waals surface area contributed by atoms with Crippen molar-refractivity contribution in [1.29, 1.82) is 0 Å². The van der Waals surface area contributed by atoms with E-state index in [9.17, 15) is 40.9 Å². The van der Waals surface area contributed by atoms with E-state index in [0.29, 0.717) is 27.7 Å². The number of phenolic OH excluding ortho intramolecular Hbond substituents is 8. The second-order valence-electron chi connectivity index (χ2n) is 14.8. The predicted octanol–water partition coefficient (Wildman–Crippen LogP) is 12.0. The maximum absolute atomic E-state index is 11.8. The Labute approximate surface area is 333 Å². The van der Waals surface area contributed by atoms with E-state index >= 15 is 0 Å². The second kappa shape index (κ2) is 12.1. The quantitative estimate of drug-likeness (QED) is 0.0376. The van der Waals surface area contributed by atoms with Crippen LogP contribution < -0.4 is 0 Å². The number of rotatable bonds is 3. The van der Waals surface area contributed by atoms with E-state index < -0.39 is 46.0 Å². The van der Waals surface area contributed by atoms with Gasteiger partial charge in [0.25, 0.3) is 0 Å². The molecule has 0 aliphatic rings. The number of hydrogen-bond donors (Lipinski definition) is 8. The van der Waals surface area contributed by atoms with Gasteiger partial charge in [0.2, 0.25) is 23.0 Å². The molecule has 10 aromatic carbocycles. The van der Waals surface area contributed by atoms with E-state index in [2.05, 4.69) is 24.3 Å². The van der Waals surface area contributed by atoms with Gasteiger partial charge in [-0.15, -0.1) is 0 Å². The van der Waals surface area contributed by atoms with Crippen LogP contribution in [0, 0.1) is 0 Å². The minimum absolute atomic E-state index is 0.0271. The van der Waals surface area contributed by atoms with E-state index in [-0.39, 0.29) is 32.7 Å². The molecule has 9 heteroatoms. The Balaban J connectivity index is 1.25. The zero-order chi connectivity index (χ0) is 40.4. The van der Waals surface area contributed by atoms with Crippen LogP contribution in [0.2, 0.25) is 0 Å². The Morgan fingerprint density at radius 3 is 1.32 bits per heavy atom. The summed E-state index contributed by atoms with van der Waals surface area (Å²) in [5.74, 6) is -7.51. The lowest BCUT2D eigenvalue weighted by Gasteiger charge is -2.22. The van der Waals surface area contributed by atoms with Crippen molar-refractivity contribution in [2.75, 3.05) is 0 Å². The molecule has 11 rings (SSSR count). The van der Waals surface area contributed by atoms with Crippen LogP contribution in [0.1, 0.15) is 0 Å². The largest absolute Gasteiger partial charge is 0.504 e. The molecule has 0 saturated heterocycles. The molecule has 0 spiro atoms. The Bertz CT molecular complexity index is 3560. The van der Waals surface area contributed by atoms with Crippen LogP contribution in [-0.4, -0.2) is 40.9 Å². The van der Waals surface area contributed by atoms with Crippen molar-refractivity contribution in [2.45, 2.75) is 0 Å². The normalized spacial score (nSPS) is 11.9. The lowest BCUT2D eigenvalue weighted by atomic mass is 9.83. The highest BCUT2D eigenvalue weighted by molar-refractivity contribution is 6.30. The molecule has 1 aromatic heterocycles. The zero-order valence-electron chi connectivity index (χ0n) is 30.7. The maximum atomic E-state index is 11.8. The van der Waals surface area contributed by atoms with Crippen molar-refractivity contribution in [3.8, 4) is 79.4 Å². The van der Waals surface area contributed by atoms with Crippen LogP contribution in [0.4, 0.5) is 0 Å². The van der Waals surface area contributed by atoms with Gasteiger partial charge in [-0.3, -0.25) is 0 Å². The topological polar surface area (TPSA) is 175 Å². The molecule has 0 unspecified atom stereocenters. The molecule has 8 N–H and O–H groups in total. The van der Waals surface area contributed by atoms with Crippen molar-refractivity contribution in [2.24, 2.45) is 0 Å². The van der Waals surface area contributed by atoms with Gasteiger partial charge in [-0.1, -0.05) is 115 Å². The summed E-state index contributed by atoms with van der Waals surface area (Å²) in [5.41, 5.74) is 3.44. The first-order valence-corrected chi connectivity index (χ1v) is 18.7. The van der Waals surface area contributed by atoms with E-state index in [1.54, 1.807) is 30.3 Å². The van der Waals surface area contributed by atoms with Gasteiger partial charge in [0.15, 0.2) is 23.0 Å². The first-order valence-electron chi connectivity index (χ1n) is 18.7. The van der Waals surface area contributed by atoms with Crippen molar-refractivity contribution >= 4 is 75.8 Å². The van der Waals surface area contributed by atoms with Crippen LogP contribution in [0.15, 0.2) is 138 Å². The first-order chi connectivity index (χ1) is 28.6. The minimum atomic E-state index is -1.03. The van der Waals surface area contributed by atoms with Gasteiger partial charge in [0.05, 0.1) is 0 Å². The second-order valence-corrected chi connectivity index (χ2v) is 14.8. The average Bonchev–Trinajstić information content (AvgIpc) is 3.66. The third kappa shape index (κ3) is 4.61. The molecule has 9 nitrogen and oxygen atoms in total.